The number of nitrogens with two attached hydrogens (primary N) is 1. The second-order valence-corrected chi connectivity index (χ2v) is 3.44. The van der Waals surface area contributed by atoms with Gasteiger partial charge in [0.25, 0.3) is 0 Å². The number of rotatable bonds is 2. The fraction of sp³-hybridized carbons (Fsp3) is 0.125. The van der Waals surface area contributed by atoms with Crippen LogP contribution in [0.1, 0.15) is 5.82 Å². The zero-order chi connectivity index (χ0) is 9.26. The van der Waals surface area contributed by atoms with Gasteiger partial charge >= 0.3 is 0 Å². The van der Waals surface area contributed by atoms with E-state index in [-0.39, 0.29) is 0 Å². The molecule has 4 N–H and O–H groups in total. The number of hydrogen-bond donors (Lipinski definition) is 3. The number of imidazole rings is 1. The number of H-pyrrole nitrogens is 2. The van der Waals surface area contributed by atoms with Gasteiger partial charge in [0.2, 0.25) is 0 Å². The molecular weight excluding hydrogens is 232 g/mol. The van der Waals surface area contributed by atoms with Crippen molar-refractivity contribution in [2.75, 3.05) is 0 Å². The highest BCUT2D eigenvalue weighted by Gasteiger charge is 2.08. The molecule has 2 rings (SSSR count). The van der Waals surface area contributed by atoms with Crippen molar-refractivity contribution in [3.8, 4) is 11.3 Å². The molecule has 0 unspecified atom stereocenters. The summed E-state index contributed by atoms with van der Waals surface area (Å²) in [7, 11) is 0. The monoisotopic (exact) mass is 240 g/mol. The third-order valence-corrected chi connectivity index (χ3v) is 2.35. The fourth-order valence-corrected chi connectivity index (χ4v) is 1.70. The van der Waals surface area contributed by atoms with Crippen molar-refractivity contribution in [1.29, 1.82) is 0 Å². The van der Waals surface area contributed by atoms with Gasteiger partial charge in [0.15, 0.2) is 0 Å². The summed E-state index contributed by atoms with van der Waals surface area (Å²) in [6, 6.07) is 1.96. The lowest BCUT2D eigenvalue weighted by Crippen LogP contribution is -1.97. The number of nitrogens with zero attached hydrogens (tertiary/aromatic N) is 1. The van der Waals surface area contributed by atoms with Crippen LogP contribution in [0.4, 0.5) is 0 Å². The van der Waals surface area contributed by atoms with E-state index in [9.17, 15) is 0 Å². The Kier molecular flexibility index (Phi) is 2.20. The molecule has 2 heterocycles. The maximum Gasteiger partial charge on any atom is 0.121 e. The quantitative estimate of drug-likeness (QED) is 0.747. The highest BCUT2D eigenvalue weighted by Crippen LogP contribution is 2.24. The average molecular weight is 241 g/mol. The molecule has 68 valence electrons. The lowest BCUT2D eigenvalue weighted by Gasteiger charge is -1.89. The average Bonchev–Trinajstić information content (AvgIpc) is 2.72. The van der Waals surface area contributed by atoms with E-state index in [1.54, 1.807) is 0 Å². The zero-order valence-corrected chi connectivity index (χ0v) is 8.43. The predicted molar refractivity (Wildman–Crippen MR) is 54.0 cm³/mol. The topological polar surface area (TPSA) is 70.5 Å². The number of nitrogens with one attached hydrogen (secondary N) is 2. The molecule has 0 aliphatic rings. The molecule has 0 fully saturated rings. The fourth-order valence-electron chi connectivity index (χ4n) is 1.16. The molecule has 0 aliphatic heterocycles. The van der Waals surface area contributed by atoms with E-state index >= 15 is 0 Å². The number of halogens is 1. The lowest BCUT2D eigenvalue weighted by molar-refractivity contribution is 0.947. The van der Waals surface area contributed by atoms with Gasteiger partial charge < -0.3 is 15.7 Å². The summed E-state index contributed by atoms with van der Waals surface area (Å²) in [5.41, 5.74) is 7.40. The molecule has 5 heteroatoms. The summed E-state index contributed by atoms with van der Waals surface area (Å²) in [6.45, 7) is 0.420. The number of hydrogen-bond acceptors (Lipinski definition) is 2. The molecule has 2 aromatic rings. The highest BCUT2D eigenvalue weighted by atomic mass is 79.9. The van der Waals surface area contributed by atoms with E-state index in [2.05, 4.69) is 30.9 Å². The van der Waals surface area contributed by atoms with E-state index in [4.69, 9.17) is 5.73 Å². The van der Waals surface area contributed by atoms with Crippen LogP contribution in [-0.4, -0.2) is 15.0 Å². The van der Waals surface area contributed by atoms with E-state index in [1.165, 1.54) is 0 Å². The summed E-state index contributed by atoms with van der Waals surface area (Å²) < 4.78 is 0.868. The minimum Gasteiger partial charge on any atom is -0.367 e. The minimum absolute atomic E-state index is 0.420. The predicted octanol–water partition coefficient (Wildman–Crippen LogP) is 1.63. The highest BCUT2D eigenvalue weighted by molar-refractivity contribution is 9.10. The van der Waals surface area contributed by atoms with Crippen LogP contribution in [0.15, 0.2) is 23.1 Å². The molecule has 0 bridgehead atoms. The maximum absolute atomic E-state index is 5.46. The Labute approximate surface area is 83.7 Å². The summed E-state index contributed by atoms with van der Waals surface area (Å²) in [5.74, 6) is 0.781. The maximum atomic E-state index is 5.46. The van der Waals surface area contributed by atoms with Crippen molar-refractivity contribution in [3.63, 3.8) is 0 Å². The molecule has 0 radical (unpaired) electrons. The second-order valence-electron chi connectivity index (χ2n) is 2.65. The first kappa shape index (κ1) is 8.52. The SMILES string of the molecule is NCc1nc(-c2cc[nH]c2)c(Br)[nH]1. The van der Waals surface area contributed by atoms with Gasteiger partial charge in [0.1, 0.15) is 16.1 Å². The summed E-state index contributed by atoms with van der Waals surface area (Å²) in [4.78, 5) is 10.3. The first-order chi connectivity index (χ1) is 6.31. The molecule has 13 heavy (non-hydrogen) atoms. The van der Waals surface area contributed by atoms with Crippen LogP contribution in [0.5, 0.6) is 0 Å². The van der Waals surface area contributed by atoms with E-state index in [1.807, 2.05) is 18.5 Å². The Bertz CT molecular complexity index is 390. The molecular formula is C8H9BrN4. The minimum atomic E-state index is 0.420. The molecule has 0 spiro atoms. The van der Waals surface area contributed by atoms with Gasteiger partial charge in [-0.15, -0.1) is 0 Å². The van der Waals surface area contributed by atoms with E-state index in [0.29, 0.717) is 6.54 Å². The van der Waals surface area contributed by atoms with Crippen molar-refractivity contribution < 1.29 is 0 Å². The molecule has 0 saturated carbocycles. The van der Waals surface area contributed by atoms with Crippen LogP contribution in [0.25, 0.3) is 11.3 Å². The third-order valence-electron chi connectivity index (χ3n) is 1.77. The van der Waals surface area contributed by atoms with Crippen molar-refractivity contribution in [2.45, 2.75) is 6.54 Å². The second kappa shape index (κ2) is 3.35. The molecule has 0 saturated heterocycles. The Morgan fingerprint density at radius 1 is 1.54 bits per heavy atom. The first-order valence-electron chi connectivity index (χ1n) is 3.89. The normalized spacial score (nSPS) is 10.6. The van der Waals surface area contributed by atoms with Crippen LogP contribution in [0.3, 0.4) is 0 Å². The van der Waals surface area contributed by atoms with Gasteiger partial charge in [-0.3, -0.25) is 0 Å². The Hall–Kier alpha value is -1.07. The van der Waals surface area contributed by atoms with E-state index < -0.39 is 0 Å². The van der Waals surface area contributed by atoms with Crippen molar-refractivity contribution in [2.24, 2.45) is 5.73 Å². The molecule has 2 aromatic heterocycles. The molecule has 4 nitrogen and oxygen atoms in total. The summed E-state index contributed by atoms with van der Waals surface area (Å²) in [6.07, 6.45) is 3.75. The van der Waals surface area contributed by atoms with Crippen molar-refractivity contribution in [3.05, 3.63) is 28.9 Å². The van der Waals surface area contributed by atoms with Gasteiger partial charge in [0.05, 0.1) is 6.54 Å². The van der Waals surface area contributed by atoms with Crippen molar-refractivity contribution in [1.82, 2.24) is 15.0 Å². The zero-order valence-electron chi connectivity index (χ0n) is 6.84. The lowest BCUT2D eigenvalue weighted by atomic mass is 10.3. The van der Waals surface area contributed by atoms with Crippen LogP contribution >= 0.6 is 15.9 Å². The Morgan fingerprint density at radius 2 is 2.38 bits per heavy atom. The summed E-state index contributed by atoms with van der Waals surface area (Å²) in [5, 5.41) is 0. The Morgan fingerprint density at radius 3 is 2.92 bits per heavy atom. The van der Waals surface area contributed by atoms with Gasteiger partial charge in [-0.1, -0.05) is 0 Å². The van der Waals surface area contributed by atoms with Crippen LogP contribution in [0.2, 0.25) is 0 Å². The van der Waals surface area contributed by atoms with Crippen LogP contribution in [-0.2, 0) is 6.54 Å². The Balaban J connectivity index is 2.46. The van der Waals surface area contributed by atoms with Crippen LogP contribution in [0, 0.1) is 0 Å². The standard InChI is InChI=1S/C8H9BrN4/c9-8-7(5-1-2-11-4-5)12-6(3-10)13-8/h1-2,4,11H,3,10H2,(H,12,13). The smallest absolute Gasteiger partial charge is 0.121 e. The van der Waals surface area contributed by atoms with Crippen LogP contribution < -0.4 is 5.73 Å². The van der Waals surface area contributed by atoms with Crippen molar-refractivity contribution >= 4 is 15.9 Å². The largest absolute Gasteiger partial charge is 0.367 e. The molecule has 0 amide bonds. The first-order valence-corrected chi connectivity index (χ1v) is 4.68. The third kappa shape index (κ3) is 1.52. The number of aromatic nitrogens is 3. The molecule has 0 aromatic carbocycles. The van der Waals surface area contributed by atoms with Gasteiger partial charge in [-0.25, -0.2) is 4.98 Å². The molecule has 0 atom stereocenters. The number of aromatic amines is 2. The van der Waals surface area contributed by atoms with Gasteiger partial charge in [-0.2, -0.15) is 0 Å². The van der Waals surface area contributed by atoms with E-state index in [0.717, 1.165) is 21.7 Å². The summed E-state index contributed by atoms with van der Waals surface area (Å²) >= 11 is 3.39. The van der Waals surface area contributed by atoms with Gasteiger partial charge in [0, 0.05) is 18.0 Å². The molecule has 0 aliphatic carbocycles. The van der Waals surface area contributed by atoms with Gasteiger partial charge in [-0.05, 0) is 22.0 Å².